The summed E-state index contributed by atoms with van der Waals surface area (Å²) in [6.07, 6.45) is 2.84. The van der Waals surface area contributed by atoms with Crippen molar-refractivity contribution in [1.29, 1.82) is 5.26 Å². The first kappa shape index (κ1) is 15.8. The molecule has 122 valence electrons. The van der Waals surface area contributed by atoms with Crippen LogP contribution in [0.5, 0.6) is 0 Å². The van der Waals surface area contributed by atoms with Gasteiger partial charge in [-0.15, -0.1) is 0 Å². The number of benzene rings is 1. The Bertz CT molecular complexity index is 762. The van der Waals surface area contributed by atoms with E-state index in [0.29, 0.717) is 48.6 Å². The zero-order chi connectivity index (χ0) is 16.9. The molecule has 1 aliphatic heterocycles. The fourth-order valence-electron chi connectivity index (χ4n) is 2.79. The summed E-state index contributed by atoms with van der Waals surface area (Å²) in [5, 5.41) is 9.23. The van der Waals surface area contributed by atoms with Crippen molar-refractivity contribution in [3.05, 3.63) is 53.7 Å². The molecule has 0 atom stereocenters. The number of ether oxygens (including phenoxy) is 1. The van der Waals surface area contributed by atoms with E-state index in [-0.39, 0.29) is 12.1 Å². The van der Waals surface area contributed by atoms with E-state index in [1.165, 1.54) is 0 Å². The van der Waals surface area contributed by atoms with Gasteiger partial charge in [0.25, 0.3) is 0 Å². The first-order valence-corrected chi connectivity index (χ1v) is 7.84. The zero-order valence-electron chi connectivity index (χ0n) is 13.2. The lowest BCUT2D eigenvalue weighted by Crippen LogP contribution is -2.38. The fourth-order valence-corrected chi connectivity index (χ4v) is 2.79. The van der Waals surface area contributed by atoms with Gasteiger partial charge in [0.1, 0.15) is 18.0 Å². The lowest BCUT2D eigenvalue weighted by molar-refractivity contribution is 0.0245. The monoisotopic (exact) mass is 322 g/mol. The van der Waals surface area contributed by atoms with Crippen LogP contribution in [0.15, 0.2) is 42.6 Å². The number of hydrogen-bond donors (Lipinski definition) is 1. The van der Waals surface area contributed by atoms with Crippen LogP contribution in [0, 0.1) is 11.3 Å². The van der Waals surface area contributed by atoms with Gasteiger partial charge in [0.05, 0.1) is 23.0 Å². The number of nitrogens with zero attached hydrogens (tertiary/aromatic N) is 3. The highest BCUT2D eigenvalue weighted by Crippen LogP contribution is 2.24. The predicted molar refractivity (Wildman–Crippen MR) is 90.5 cm³/mol. The van der Waals surface area contributed by atoms with Crippen molar-refractivity contribution in [2.75, 3.05) is 23.7 Å². The molecule has 1 aliphatic rings. The van der Waals surface area contributed by atoms with Crippen LogP contribution in [0.2, 0.25) is 0 Å². The van der Waals surface area contributed by atoms with E-state index in [2.05, 4.69) is 11.1 Å². The molecular formula is C18H18N4O2. The number of carbonyl (C=O) groups excluding carboxylic acids is 1. The van der Waals surface area contributed by atoms with Gasteiger partial charge in [-0.2, -0.15) is 5.26 Å². The summed E-state index contributed by atoms with van der Waals surface area (Å²) >= 11 is 0. The second kappa shape index (κ2) is 7.01. The maximum Gasteiger partial charge on any atom is 0.338 e. The maximum atomic E-state index is 12.1. The number of nitriles is 1. The van der Waals surface area contributed by atoms with Crippen LogP contribution in [-0.2, 0) is 4.74 Å². The lowest BCUT2D eigenvalue weighted by Gasteiger charge is -2.32. The number of carbonyl (C=O) groups is 1. The van der Waals surface area contributed by atoms with Gasteiger partial charge in [-0.25, -0.2) is 9.78 Å². The number of nitrogens with two attached hydrogens (primary N) is 1. The van der Waals surface area contributed by atoms with Crippen molar-refractivity contribution < 1.29 is 9.53 Å². The average molecular weight is 322 g/mol. The third kappa shape index (κ3) is 3.46. The van der Waals surface area contributed by atoms with Gasteiger partial charge in [0.2, 0.25) is 0 Å². The molecule has 0 aliphatic carbocycles. The Morgan fingerprint density at radius 3 is 2.67 bits per heavy atom. The average Bonchev–Trinajstić information content (AvgIpc) is 2.63. The van der Waals surface area contributed by atoms with E-state index in [1.807, 2.05) is 23.1 Å². The fraction of sp³-hybridized carbons (Fsp3) is 0.278. The summed E-state index contributed by atoms with van der Waals surface area (Å²) in [4.78, 5) is 18.4. The number of nitrogen functional groups attached to an aromatic ring is 1. The largest absolute Gasteiger partial charge is 0.459 e. The number of hydrogen-bond acceptors (Lipinski definition) is 6. The molecule has 6 heteroatoms. The Kier molecular flexibility index (Phi) is 4.62. The molecule has 2 N–H and O–H groups in total. The van der Waals surface area contributed by atoms with E-state index in [9.17, 15) is 10.1 Å². The van der Waals surface area contributed by atoms with E-state index in [0.717, 1.165) is 0 Å². The SMILES string of the molecule is N#Cc1cc(N)cnc1N1CCC(OC(=O)c2ccccc2)CC1. The number of esters is 1. The number of piperidine rings is 1. The van der Waals surface area contributed by atoms with Crippen molar-refractivity contribution in [1.82, 2.24) is 4.98 Å². The van der Waals surface area contributed by atoms with E-state index < -0.39 is 0 Å². The normalized spacial score (nSPS) is 14.9. The molecule has 0 saturated carbocycles. The van der Waals surface area contributed by atoms with E-state index in [4.69, 9.17) is 10.5 Å². The summed E-state index contributed by atoms with van der Waals surface area (Å²) in [5.41, 5.74) is 7.18. The Morgan fingerprint density at radius 2 is 2.00 bits per heavy atom. The summed E-state index contributed by atoms with van der Waals surface area (Å²) in [5.74, 6) is 0.344. The molecule has 0 amide bonds. The molecular weight excluding hydrogens is 304 g/mol. The van der Waals surface area contributed by atoms with Gasteiger partial charge in [-0.05, 0) is 18.2 Å². The Hall–Kier alpha value is -3.07. The highest BCUT2D eigenvalue weighted by atomic mass is 16.5. The Balaban J connectivity index is 1.60. The van der Waals surface area contributed by atoms with Crippen LogP contribution in [0.25, 0.3) is 0 Å². The zero-order valence-corrected chi connectivity index (χ0v) is 13.2. The van der Waals surface area contributed by atoms with Crippen molar-refractivity contribution in [3.8, 4) is 6.07 Å². The minimum Gasteiger partial charge on any atom is -0.459 e. The lowest BCUT2D eigenvalue weighted by atomic mass is 10.1. The second-order valence-corrected chi connectivity index (χ2v) is 5.71. The molecule has 1 aromatic heterocycles. The van der Waals surface area contributed by atoms with E-state index >= 15 is 0 Å². The van der Waals surface area contributed by atoms with Gasteiger partial charge in [0.15, 0.2) is 0 Å². The number of anilines is 2. The highest BCUT2D eigenvalue weighted by molar-refractivity contribution is 5.89. The van der Waals surface area contributed by atoms with Crippen LogP contribution in [0.4, 0.5) is 11.5 Å². The molecule has 3 rings (SSSR count). The topological polar surface area (TPSA) is 92.2 Å². The molecule has 0 radical (unpaired) electrons. The third-order valence-electron chi connectivity index (χ3n) is 4.03. The van der Waals surface area contributed by atoms with Crippen LogP contribution < -0.4 is 10.6 Å². The number of rotatable bonds is 3. The molecule has 1 fully saturated rings. The van der Waals surface area contributed by atoms with Gasteiger partial charge >= 0.3 is 5.97 Å². The summed E-state index contributed by atoms with van der Waals surface area (Å²) in [6, 6.07) is 12.7. The molecule has 6 nitrogen and oxygen atoms in total. The molecule has 2 aromatic rings. The molecule has 24 heavy (non-hydrogen) atoms. The minimum absolute atomic E-state index is 0.117. The van der Waals surface area contributed by atoms with Gasteiger partial charge < -0.3 is 15.4 Å². The smallest absolute Gasteiger partial charge is 0.338 e. The molecule has 0 spiro atoms. The van der Waals surface area contributed by atoms with Gasteiger partial charge in [0, 0.05) is 25.9 Å². The van der Waals surface area contributed by atoms with Crippen molar-refractivity contribution in [2.45, 2.75) is 18.9 Å². The molecule has 1 saturated heterocycles. The number of pyridine rings is 1. The standard InChI is InChI=1S/C18H18N4O2/c19-11-14-10-15(20)12-21-17(14)22-8-6-16(7-9-22)24-18(23)13-4-2-1-3-5-13/h1-5,10,12,16H,6-9,20H2. The van der Waals surface area contributed by atoms with Gasteiger partial charge in [-0.3, -0.25) is 0 Å². The van der Waals surface area contributed by atoms with Crippen LogP contribution in [0.3, 0.4) is 0 Å². The van der Waals surface area contributed by atoms with Crippen LogP contribution in [0.1, 0.15) is 28.8 Å². The molecule has 0 unspecified atom stereocenters. The molecule has 1 aromatic carbocycles. The summed E-state index contributed by atoms with van der Waals surface area (Å²) in [7, 11) is 0. The first-order valence-electron chi connectivity index (χ1n) is 7.84. The Morgan fingerprint density at radius 1 is 1.29 bits per heavy atom. The highest BCUT2D eigenvalue weighted by Gasteiger charge is 2.25. The quantitative estimate of drug-likeness (QED) is 0.872. The predicted octanol–water partition coefficient (Wildman–Crippen LogP) is 2.36. The van der Waals surface area contributed by atoms with Crippen molar-refractivity contribution in [3.63, 3.8) is 0 Å². The first-order chi connectivity index (χ1) is 11.7. The molecule has 2 heterocycles. The second-order valence-electron chi connectivity index (χ2n) is 5.71. The van der Waals surface area contributed by atoms with Crippen molar-refractivity contribution >= 4 is 17.5 Å². The Labute approximate surface area is 140 Å². The molecule has 0 bridgehead atoms. The summed E-state index contributed by atoms with van der Waals surface area (Å²) in [6.45, 7) is 1.36. The summed E-state index contributed by atoms with van der Waals surface area (Å²) < 4.78 is 5.57. The van der Waals surface area contributed by atoms with Crippen LogP contribution in [-0.4, -0.2) is 30.1 Å². The maximum absolute atomic E-state index is 12.1. The number of aromatic nitrogens is 1. The minimum atomic E-state index is -0.294. The van der Waals surface area contributed by atoms with Gasteiger partial charge in [-0.1, -0.05) is 18.2 Å². The van der Waals surface area contributed by atoms with Crippen LogP contribution >= 0.6 is 0 Å². The van der Waals surface area contributed by atoms with E-state index in [1.54, 1.807) is 24.4 Å². The van der Waals surface area contributed by atoms with Crippen molar-refractivity contribution in [2.24, 2.45) is 0 Å². The third-order valence-corrected chi connectivity index (χ3v) is 4.03.